The predicted octanol–water partition coefficient (Wildman–Crippen LogP) is 2.03. The molecule has 0 amide bonds. The van der Waals surface area contributed by atoms with Crippen molar-refractivity contribution in [3.05, 3.63) is 66.0 Å². The second-order valence-electron chi connectivity index (χ2n) is 5.96. The molecule has 132 valence electrons. The maximum Gasteiger partial charge on any atom is 0.328 e. The van der Waals surface area contributed by atoms with Crippen LogP contribution in [0, 0.1) is 5.82 Å². The van der Waals surface area contributed by atoms with E-state index in [1.807, 2.05) is 0 Å². The third-order valence-electron chi connectivity index (χ3n) is 4.44. The lowest BCUT2D eigenvalue weighted by atomic mass is 10.1. The summed E-state index contributed by atoms with van der Waals surface area (Å²) in [4.78, 5) is 12.5. The Morgan fingerprint density at radius 3 is 2.32 bits per heavy atom. The number of hydrogen-bond donors (Lipinski definition) is 1. The molecular formula is C18H18FNO4S. The van der Waals surface area contributed by atoms with Crippen LogP contribution in [0.15, 0.2) is 59.5 Å². The van der Waals surface area contributed by atoms with Crippen molar-refractivity contribution in [1.82, 2.24) is 0 Å². The molecule has 2 aromatic carbocycles. The fraction of sp³-hybridized carbons (Fsp3) is 0.278. The monoisotopic (exact) mass is 363 g/mol. The van der Waals surface area contributed by atoms with Gasteiger partial charge in [-0.3, -0.25) is 0 Å². The molecular weight excluding hydrogens is 345 g/mol. The first-order valence-electron chi connectivity index (χ1n) is 7.84. The van der Waals surface area contributed by atoms with Crippen LogP contribution in [-0.4, -0.2) is 31.8 Å². The summed E-state index contributed by atoms with van der Waals surface area (Å²) in [7, 11) is -3.86. The Kier molecular flexibility index (Phi) is 4.38. The first-order valence-corrected chi connectivity index (χ1v) is 9.38. The van der Waals surface area contributed by atoms with Gasteiger partial charge in [-0.25, -0.2) is 17.6 Å². The van der Waals surface area contributed by atoms with Gasteiger partial charge < -0.3 is 10.5 Å². The summed E-state index contributed by atoms with van der Waals surface area (Å²) in [5.41, 5.74) is 5.01. The fourth-order valence-corrected chi connectivity index (χ4v) is 5.43. The zero-order valence-corrected chi connectivity index (χ0v) is 14.4. The van der Waals surface area contributed by atoms with Crippen LogP contribution in [0.5, 0.6) is 0 Å². The van der Waals surface area contributed by atoms with E-state index in [2.05, 4.69) is 0 Å². The van der Waals surface area contributed by atoms with Crippen molar-refractivity contribution in [3.63, 3.8) is 0 Å². The van der Waals surface area contributed by atoms with Gasteiger partial charge in [0.15, 0.2) is 9.84 Å². The number of carbonyl (C=O) groups excluding carboxylic acids is 1. The third-order valence-corrected chi connectivity index (χ3v) is 6.70. The largest absolute Gasteiger partial charge is 0.465 e. The lowest BCUT2D eigenvalue weighted by Gasteiger charge is -2.11. The van der Waals surface area contributed by atoms with E-state index in [0.717, 1.165) is 0 Å². The molecule has 3 rings (SSSR count). The lowest BCUT2D eigenvalue weighted by Crippen LogP contribution is -2.41. The average Bonchev–Trinajstić information content (AvgIpc) is 3.25. The predicted molar refractivity (Wildman–Crippen MR) is 90.1 cm³/mol. The van der Waals surface area contributed by atoms with E-state index in [-0.39, 0.29) is 11.5 Å². The smallest absolute Gasteiger partial charge is 0.328 e. The summed E-state index contributed by atoms with van der Waals surface area (Å²) >= 11 is 0. The molecule has 0 radical (unpaired) electrons. The molecule has 1 fully saturated rings. The first kappa shape index (κ1) is 17.6. The molecule has 0 heterocycles. The van der Waals surface area contributed by atoms with Gasteiger partial charge in [0.05, 0.1) is 11.5 Å². The minimum atomic E-state index is -3.86. The zero-order chi connectivity index (χ0) is 18.2. The van der Waals surface area contributed by atoms with Gasteiger partial charge in [-0.05, 0) is 36.8 Å². The Bertz CT molecular complexity index is 883. The summed E-state index contributed by atoms with van der Waals surface area (Å²) in [6.45, 7) is 1.71. The quantitative estimate of drug-likeness (QED) is 0.822. The van der Waals surface area contributed by atoms with Gasteiger partial charge in [0.2, 0.25) is 0 Å². The molecule has 7 heteroatoms. The number of esters is 1. The Balaban J connectivity index is 2.06. The molecule has 0 bridgehead atoms. The second-order valence-corrected chi connectivity index (χ2v) is 8.03. The van der Waals surface area contributed by atoms with Gasteiger partial charge in [0, 0.05) is 5.92 Å². The van der Waals surface area contributed by atoms with Gasteiger partial charge in [0.25, 0.3) is 0 Å². The molecule has 25 heavy (non-hydrogen) atoms. The number of carbonyl (C=O) groups is 1. The molecule has 0 unspecified atom stereocenters. The van der Waals surface area contributed by atoms with E-state index in [1.54, 1.807) is 25.1 Å². The molecule has 2 aromatic rings. The molecule has 0 aromatic heterocycles. The van der Waals surface area contributed by atoms with E-state index < -0.39 is 38.3 Å². The van der Waals surface area contributed by atoms with Crippen LogP contribution in [0.1, 0.15) is 18.4 Å². The van der Waals surface area contributed by atoms with Gasteiger partial charge in [0.1, 0.15) is 16.6 Å². The molecule has 2 N–H and O–H groups in total. The maximum atomic E-state index is 13.2. The van der Waals surface area contributed by atoms with Crippen LogP contribution < -0.4 is 5.73 Å². The fourth-order valence-electron chi connectivity index (χ4n) is 3.19. The van der Waals surface area contributed by atoms with Gasteiger partial charge >= 0.3 is 5.97 Å². The maximum absolute atomic E-state index is 13.2. The highest BCUT2D eigenvalue weighted by Crippen LogP contribution is 2.56. The SMILES string of the molecule is CCOC(=O)[C@@]1(N)[C@H](S(=O)(=O)c2ccccc2)[C@@H]1c1ccc(F)cc1. The Morgan fingerprint density at radius 2 is 1.76 bits per heavy atom. The van der Waals surface area contributed by atoms with Crippen molar-refractivity contribution in [2.45, 2.75) is 28.5 Å². The Labute approximate surface area is 145 Å². The van der Waals surface area contributed by atoms with Crippen molar-refractivity contribution in [2.24, 2.45) is 5.73 Å². The Hall–Kier alpha value is -2.25. The molecule has 1 saturated carbocycles. The number of nitrogens with two attached hydrogens (primary N) is 1. The summed E-state index contributed by atoms with van der Waals surface area (Å²) in [6, 6.07) is 13.1. The average molecular weight is 363 g/mol. The minimum Gasteiger partial charge on any atom is -0.465 e. The molecule has 5 nitrogen and oxygen atoms in total. The number of sulfone groups is 1. The van der Waals surface area contributed by atoms with Gasteiger partial charge in [-0.1, -0.05) is 30.3 Å². The molecule has 0 saturated heterocycles. The van der Waals surface area contributed by atoms with E-state index in [1.165, 1.54) is 36.4 Å². The van der Waals surface area contributed by atoms with Crippen LogP contribution >= 0.6 is 0 Å². The number of rotatable bonds is 5. The molecule has 0 spiro atoms. The van der Waals surface area contributed by atoms with Crippen molar-refractivity contribution in [2.75, 3.05) is 6.61 Å². The highest BCUT2D eigenvalue weighted by atomic mass is 32.2. The summed E-state index contributed by atoms with van der Waals surface area (Å²) in [6.07, 6.45) is 0. The standard InChI is InChI=1S/C18H18FNO4S/c1-2-24-17(21)18(20)15(12-8-10-13(19)11-9-12)16(18)25(22,23)14-6-4-3-5-7-14/h3-11,15-16H,2,20H2,1H3/t15-,16+,18-/m0/s1. The van der Waals surface area contributed by atoms with Crippen LogP contribution in [-0.2, 0) is 19.4 Å². The van der Waals surface area contributed by atoms with Crippen molar-refractivity contribution < 1.29 is 22.3 Å². The van der Waals surface area contributed by atoms with Crippen molar-refractivity contribution in [3.8, 4) is 0 Å². The Morgan fingerprint density at radius 1 is 1.16 bits per heavy atom. The van der Waals surface area contributed by atoms with Crippen LogP contribution in [0.2, 0.25) is 0 Å². The van der Waals surface area contributed by atoms with Crippen molar-refractivity contribution >= 4 is 15.8 Å². The minimum absolute atomic E-state index is 0.0868. The van der Waals surface area contributed by atoms with Crippen LogP contribution in [0.4, 0.5) is 4.39 Å². The summed E-state index contributed by atoms with van der Waals surface area (Å²) in [5.74, 6) is -2.02. The number of benzene rings is 2. The molecule has 3 atom stereocenters. The molecule has 1 aliphatic carbocycles. The zero-order valence-electron chi connectivity index (χ0n) is 13.6. The number of hydrogen-bond acceptors (Lipinski definition) is 5. The summed E-state index contributed by atoms with van der Waals surface area (Å²) < 4.78 is 44.2. The number of halogens is 1. The normalized spacial score (nSPS) is 25.4. The topological polar surface area (TPSA) is 86.5 Å². The van der Waals surface area contributed by atoms with Crippen molar-refractivity contribution in [1.29, 1.82) is 0 Å². The van der Waals surface area contributed by atoms with E-state index >= 15 is 0 Å². The first-order chi connectivity index (χ1) is 11.8. The van der Waals surface area contributed by atoms with Gasteiger partial charge in [-0.2, -0.15) is 0 Å². The highest BCUT2D eigenvalue weighted by Gasteiger charge is 2.74. The highest BCUT2D eigenvalue weighted by molar-refractivity contribution is 7.92. The van der Waals surface area contributed by atoms with E-state index in [0.29, 0.717) is 5.56 Å². The second kappa shape index (κ2) is 6.24. The van der Waals surface area contributed by atoms with Gasteiger partial charge in [-0.15, -0.1) is 0 Å². The van der Waals surface area contributed by atoms with E-state index in [9.17, 15) is 17.6 Å². The molecule has 1 aliphatic rings. The molecule has 0 aliphatic heterocycles. The van der Waals surface area contributed by atoms with Crippen LogP contribution in [0.25, 0.3) is 0 Å². The third kappa shape index (κ3) is 2.83. The van der Waals surface area contributed by atoms with E-state index in [4.69, 9.17) is 10.5 Å². The van der Waals surface area contributed by atoms with Crippen LogP contribution in [0.3, 0.4) is 0 Å². The summed E-state index contributed by atoms with van der Waals surface area (Å²) in [5, 5.41) is -1.16. The number of ether oxygens (including phenoxy) is 1. The lowest BCUT2D eigenvalue weighted by molar-refractivity contribution is -0.145.